The zero-order valence-electron chi connectivity index (χ0n) is 10.3. The molecule has 0 radical (unpaired) electrons. The van der Waals surface area contributed by atoms with Gasteiger partial charge in [-0.25, -0.2) is 9.78 Å². The van der Waals surface area contributed by atoms with Crippen molar-refractivity contribution in [2.45, 2.75) is 6.92 Å². The highest BCUT2D eigenvalue weighted by molar-refractivity contribution is 7.22. The molecule has 2 N–H and O–H groups in total. The maximum atomic E-state index is 11.9. The molecule has 0 aliphatic heterocycles. The van der Waals surface area contributed by atoms with Crippen LogP contribution in [0.3, 0.4) is 0 Å². The van der Waals surface area contributed by atoms with E-state index in [0.717, 1.165) is 10.2 Å². The molecule has 1 aromatic heterocycles. The topological polar surface area (TPSA) is 82.5 Å². The number of benzene rings is 1. The number of thiazole rings is 1. The maximum Gasteiger partial charge on any atom is 0.324 e. The summed E-state index contributed by atoms with van der Waals surface area (Å²) in [5, 5.41) is 11.8. The monoisotopic (exact) mass is 279 g/mol. The molecule has 0 saturated heterocycles. The Morgan fingerprint density at radius 2 is 2.16 bits per heavy atom. The van der Waals surface area contributed by atoms with Crippen LogP contribution in [0.15, 0.2) is 24.3 Å². The molecule has 0 unspecified atom stereocenters. The number of para-hydroxylation sites is 1. The molecular weight excluding hydrogens is 266 g/mol. The second-order valence-electron chi connectivity index (χ2n) is 3.82. The lowest BCUT2D eigenvalue weighted by Gasteiger charge is -2.17. The van der Waals surface area contributed by atoms with Crippen molar-refractivity contribution in [3.63, 3.8) is 0 Å². The fraction of sp³-hybridized carbons (Fsp3) is 0.250. The predicted molar refractivity (Wildman–Crippen MR) is 73.5 cm³/mol. The van der Waals surface area contributed by atoms with Crippen LogP contribution < -0.4 is 5.32 Å². The van der Waals surface area contributed by atoms with Crippen molar-refractivity contribution in [1.82, 2.24) is 9.88 Å². The minimum Gasteiger partial charge on any atom is -0.480 e. The summed E-state index contributed by atoms with van der Waals surface area (Å²) in [7, 11) is 0. The number of fused-ring (bicyclic) bond motifs is 1. The van der Waals surface area contributed by atoms with Crippen molar-refractivity contribution in [1.29, 1.82) is 0 Å². The van der Waals surface area contributed by atoms with Crippen molar-refractivity contribution in [2.75, 3.05) is 18.4 Å². The maximum absolute atomic E-state index is 11.9. The highest BCUT2D eigenvalue weighted by Crippen LogP contribution is 2.25. The number of carboxylic acid groups (broad SMARTS) is 1. The van der Waals surface area contributed by atoms with Gasteiger partial charge in [0.05, 0.1) is 10.2 Å². The lowest BCUT2D eigenvalue weighted by Crippen LogP contribution is -2.38. The fourth-order valence-electron chi connectivity index (χ4n) is 1.59. The summed E-state index contributed by atoms with van der Waals surface area (Å²) >= 11 is 1.36. The minimum absolute atomic E-state index is 0.322. The number of carboxylic acids is 1. The van der Waals surface area contributed by atoms with E-state index in [1.165, 1.54) is 16.2 Å². The number of hydrogen-bond acceptors (Lipinski definition) is 4. The number of carbonyl (C=O) groups is 2. The molecule has 0 spiro atoms. The molecule has 2 amide bonds. The first-order chi connectivity index (χ1) is 9.10. The second kappa shape index (κ2) is 5.66. The van der Waals surface area contributed by atoms with Crippen LogP contribution in [0.25, 0.3) is 10.2 Å². The Morgan fingerprint density at radius 3 is 2.79 bits per heavy atom. The molecule has 100 valence electrons. The molecule has 0 saturated carbocycles. The van der Waals surface area contributed by atoms with Gasteiger partial charge in [0, 0.05) is 6.54 Å². The molecule has 0 aliphatic carbocycles. The van der Waals surface area contributed by atoms with Crippen LogP contribution >= 0.6 is 11.3 Å². The molecule has 1 heterocycles. The highest BCUT2D eigenvalue weighted by Gasteiger charge is 2.16. The van der Waals surface area contributed by atoms with Gasteiger partial charge in [-0.2, -0.15) is 0 Å². The lowest BCUT2D eigenvalue weighted by atomic mass is 10.3. The van der Waals surface area contributed by atoms with E-state index in [1.807, 2.05) is 24.3 Å². The van der Waals surface area contributed by atoms with Crippen molar-refractivity contribution in [3.8, 4) is 0 Å². The summed E-state index contributed by atoms with van der Waals surface area (Å²) in [6, 6.07) is 7.09. The molecular formula is C12H13N3O3S. The number of rotatable bonds is 4. The number of urea groups is 1. The quantitative estimate of drug-likeness (QED) is 0.899. The fourth-order valence-corrected chi connectivity index (χ4v) is 2.44. The van der Waals surface area contributed by atoms with Crippen LogP contribution in [0.2, 0.25) is 0 Å². The molecule has 0 aliphatic rings. The molecule has 0 bridgehead atoms. The standard InChI is InChI=1S/C12H13N3O3S/c1-2-15(7-10(16)17)12(18)14-11-13-8-5-3-4-6-9(8)19-11/h3-6H,2,7H2,1H3,(H,16,17)(H,13,14,18). The van der Waals surface area contributed by atoms with Gasteiger partial charge >= 0.3 is 12.0 Å². The van der Waals surface area contributed by atoms with E-state index in [4.69, 9.17) is 5.11 Å². The van der Waals surface area contributed by atoms with Crippen molar-refractivity contribution in [3.05, 3.63) is 24.3 Å². The molecule has 2 rings (SSSR count). The van der Waals surface area contributed by atoms with Crippen molar-refractivity contribution in [2.24, 2.45) is 0 Å². The SMILES string of the molecule is CCN(CC(=O)O)C(=O)Nc1nc2ccccc2s1. The van der Waals surface area contributed by atoms with Gasteiger partial charge in [-0.1, -0.05) is 23.5 Å². The van der Waals surface area contributed by atoms with E-state index in [1.54, 1.807) is 6.92 Å². The predicted octanol–water partition coefficient (Wildman–Crippen LogP) is 2.23. The van der Waals surface area contributed by atoms with Crippen LogP contribution in [0.5, 0.6) is 0 Å². The first-order valence-corrected chi connectivity index (χ1v) is 6.55. The Balaban J connectivity index is 2.11. The molecule has 0 fully saturated rings. The number of nitrogens with one attached hydrogen (secondary N) is 1. The van der Waals surface area contributed by atoms with Crippen LogP contribution in [0.4, 0.5) is 9.93 Å². The second-order valence-corrected chi connectivity index (χ2v) is 4.86. The first-order valence-electron chi connectivity index (χ1n) is 5.73. The van der Waals surface area contributed by atoms with Gasteiger partial charge in [-0.15, -0.1) is 0 Å². The molecule has 1 aromatic carbocycles. The number of aromatic nitrogens is 1. The molecule has 19 heavy (non-hydrogen) atoms. The van der Waals surface area contributed by atoms with Gasteiger partial charge in [0.2, 0.25) is 0 Å². The number of hydrogen-bond donors (Lipinski definition) is 2. The summed E-state index contributed by atoms with van der Waals surface area (Å²) in [5.41, 5.74) is 0.809. The summed E-state index contributed by atoms with van der Waals surface area (Å²) < 4.78 is 0.971. The third-order valence-corrected chi connectivity index (χ3v) is 3.45. The zero-order valence-corrected chi connectivity index (χ0v) is 11.1. The number of aliphatic carboxylic acids is 1. The van der Waals surface area contributed by atoms with E-state index in [2.05, 4.69) is 10.3 Å². The van der Waals surface area contributed by atoms with Crippen LogP contribution in [0.1, 0.15) is 6.92 Å². The summed E-state index contributed by atoms with van der Waals surface area (Å²) in [5.74, 6) is -1.04. The van der Waals surface area contributed by atoms with Crippen LogP contribution in [-0.2, 0) is 4.79 Å². The first kappa shape index (κ1) is 13.3. The molecule has 7 heteroatoms. The number of likely N-dealkylation sites (N-methyl/N-ethyl adjacent to an activating group) is 1. The Kier molecular flexibility index (Phi) is 3.96. The van der Waals surface area contributed by atoms with Gasteiger partial charge in [-0.05, 0) is 19.1 Å². The van der Waals surface area contributed by atoms with Gasteiger partial charge in [0.25, 0.3) is 0 Å². The van der Waals surface area contributed by atoms with Gasteiger partial charge in [-0.3, -0.25) is 10.1 Å². The van der Waals surface area contributed by atoms with E-state index in [0.29, 0.717) is 11.7 Å². The Bertz CT molecular complexity index is 578. The van der Waals surface area contributed by atoms with E-state index >= 15 is 0 Å². The number of anilines is 1. The van der Waals surface area contributed by atoms with Crippen LogP contribution in [-0.4, -0.2) is 40.1 Å². The number of amides is 2. The zero-order chi connectivity index (χ0) is 13.8. The average Bonchev–Trinajstić information content (AvgIpc) is 2.77. The summed E-state index contributed by atoms with van der Waals surface area (Å²) in [6.45, 7) is 1.72. The van der Waals surface area contributed by atoms with Crippen molar-refractivity contribution >= 4 is 38.7 Å². The Hall–Kier alpha value is -2.15. The van der Waals surface area contributed by atoms with E-state index < -0.39 is 12.0 Å². The van der Waals surface area contributed by atoms with Gasteiger partial charge < -0.3 is 10.0 Å². The van der Waals surface area contributed by atoms with E-state index in [-0.39, 0.29) is 6.54 Å². The number of nitrogens with zero attached hydrogens (tertiary/aromatic N) is 2. The molecule has 6 nitrogen and oxygen atoms in total. The van der Waals surface area contributed by atoms with Crippen molar-refractivity contribution < 1.29 is 14.7 Å². The summed E-state index contributed by atoms with van der Waals surface area (Å²) in [4.78, 5) is 28.0. The lowest BCUT2D eigenvalue weighted by molar-refractivity contribution is -0.137. The van der Waals surface area contributed by atoms with Gasteiger partial charge in [0.1, 0.15) is 6.54 Å². The van der Waals surface area contributed by atoms with Crippen LogP contribution in [0, 0.1) is 0 Å². The minimum atomic E-state index is -1.04. The van der Waals surface area contributed by atoms with E-state index in [9.17, 15) is 9.59 Å². The normalized spacial score (nSPS) is 10.4. The summed E-state index contributed by atoms with van der Waals surface area (Å²) in [6.07, 6.45) is 0. The third kappa shape index (κ3) is 3.19. The molecule has 0 atom stereocenters. The Morgan fingerprint density at radius 1 is 1.42 bits per heavy atom. The number of carbonyl (C=O) groups excluding carboxylic acids is 1. The third-order valence-electron chi connectivity index (χ3n) is 2.50. The molecule has 2 aromatic rings. The highest BCUT2D eigenvalue weighted by atomic mass is 32.1. The largest absolute Gasteiger partial charge is 0.480 e. The average molecular weight is 279 g/mol. The Labute approximate surface area is 113 Å². The van der Waals surface area contributed by atoms with Gasteiger partial charge in [0.15, 0.2) is 5.13 Å². The smallest absolute Gasteiger partial charge is 0.324 e.